The fourth-order valence-corrected chi connectivity index (χ4v) is 4.47. The third-order valence-electron chi connectivity index (χ3n) is 5.94. The number of amides is 1. The monoisotopic (exact) mass is 497 g/mol. The Hall–Kier alpha value is -3.36. The van der Waals surface area contributed by atoms with Crippen molar-refractivity contribution in [3.63, 3.8) is 0 Å². The van der Waals surface area contributed by atoms with Crippen LogP contribution in [0.4, 0.5) is 11.6 Å². The van der Waals surface area contributed by atoms with Gasteiger partial charge in [-0.1, -0.05) is 17.7 Å². The van der Waals surface area contributed by atoms with Gasteiger partial charge >= 0.3 is 0 Å². The van der Waals surface area contributed by atoms with E-state index in [0.717, 1.165) is 36.8 Å². The molecule has 3 aromatic heterocycles. The molecule has 2 atom stereocenters. The van der Waals surface area contributed by atoms with Crippen molar-refractivity contribution in [1.29, 1.82) is 0 Å². The number of carbonyl (C=O) groups excluding carboxylic acids is 1. The molecular weight excluding hydrogens is 473 g/mol. The molecule has 176 valence electrons. The van der Waals surface area contributed by atoms with Crippen molar-refractivity contribution in [2.45, 2.75) is 37.8 Å². The molecule has 34 heavy (non-hydrogen) atoms. The number of hydrogen-bond donors (Lipinski definition) is 3. The first-order valence-electron chi connectivity index (χ1n) is 10.9. The number of carbonyl (C=O) groups is 1. The van der Waals surface area contributed by atoms with Crippen molar-refractivity contribution in [3.05, 3.63) is 71.6 Å². The lowest BCUT2D eigenvalue weighted by molar-refractivity contribution is 0.0926. The normalized spacial score (nSPS) is 17.7. The molecular formula is C24H25Cl2N7O. The molecule has 0 spiro atoms. The Balaban J connectivity index is 0.00000274. The van der Waals surface area contributed by atoms with E-state index in [-0.39, 0.29) is 30.4 Å². The lowest BCUT2D eigenvalue weighted by atomic mass is 9.91. The summed E-state index contributed by atoms with van der Waals surface area (Å²) in [4.78, 5) is 21.7. The minimum atomic E-state index is -0.0845. The molecule has 1 fully saturated rings. The topological polar surface area (TPSA) is 110 Å². The van der Waals surface area contributed by atoms with Gasteiger partial charge in [-0.25, -0.2) is 14.5 Å². The molecule has 1 aromatic carbocycles. The van der Waals surface area contributed by atoms with Crippen LogP contribution in [0, 0.1) is 0 Å². The van der Waals surface area contributed by atoms with E-state index in [4.69, 9.17) is 22.3 Å². The van der Waals surface area contributed by atoms with E-state index in [2.05, 4.69) is 20.7 Å². The highest BCUT2D eigenvalue weighted by Crippen LogP contribution is 2.30. The average molecular weight is 498 g/mol. The maximum Gasteiger partial charge on any atom is 0.251 e. The van der Waals surface area contributed by atoms with E-state index in [1.54, 1.807) is 41.2 Å². The van der Waals surface area contributed by atoms with E-state index < -0.39 is 0 Å². The Kier molecular flexibility index (Phi) is 7.19. The zero-order valence-electron chi connectivity index (χ0n) is 18.3. The summed E-state index contributed by atoms with van der Waals surface area (Å²) >= 11 is 6.43. The van der Waals surface area contributed by atoms with Gasteiger partial charge in [0.05, 0.1) is 28.6 Å². The minimum absolute atomic E-state index is 0. The number of fused-ring (bicyclic) bond motifs is 1. The second-order valence-electron chi connectivity index (χ2n) is 8.28. The number of halogens is 2. The maximum absolute atomic E-state index is 12.6. The number of rotatable bonds is 5. The van der Waals surface area contributed by atoms with Crippen molar-refractivity contribution < 1.29 is 4.79 Å². The van der Waals surface area contributed by atoms with Gasteiger partial charge in [0, 0.05) is 35.1 Å². The molecule has 1 aliphatic carbocycles. The molecule has 0 bridgehead atoms. The number of anilines is 2. The standard InChI is InChI=1S/C24H24ClN7O.ClH/c25-20-14-27-24(31-22(20)19-13-28-32-11-2-1-6-21(19)32)30-18-5-3-4-17(12-18)29-23(33)15-7-9-16(26)10-8-15;/h1-2,6-11,13-14,17-18H,3-5,12,26H2,(H,29,33)(H,27,30,31);1H/t17-,18+;/m0./s1. The summed E-state index contributed by atoms with van der Waals surface area (Å²) in [5, 5.41) is 11.4. The molecule has 1 aliphatic rings. The summed E-state index contributed by atoms with van der Waals surface area (Å²) in [6.45, 7) is 0. The van der Waals surface area contributed by atoms with Crippen LogP contribution in [0.1, 0.15) is 36.0 Å². The second-order valence-corrected chi connectivity index (χ2v) is 8.69. The molecule has 0 radical (unpaired) electrons. The minimum Gasteiger partial charge on any atom is -0.399 e. The van der Waals surface area contributed by atoms with E-state index in [1.165, 1.54) is 0 Å². The smallest absolute Gasteiger partial charge is 0.251 e. The average Bonchev–Trinajstić information content (AvgIpc) is 3.25. The molecule has 4 aromatic rings. The van der Waals surface area contributed by atoms with Gasteiger partial charge in [-0.15, -0.1) is 12.4 Å². The van der Waals surface area contributed by atoms with Crippen LogP contribution in [-0.2, 0) is 0 Å². The summed E-state index contributed by atoms with van der Waals surface area (Å²) in [6, 6.07) is 13.0. The summed E-state index contributed by atoms with van der Waals surface area (Å²) < 4.78 is 1.79. The van der Waals surface area contributed by atoms with Crippen molar-refractivity contribution >= 4 is 47.1 Å². The zero-order chi connectivity index (χ0) is 22.8. The van der Waals surface area contributed by atoms with Gasteiger partial charge in [-0.2, -0.15) is 5.10 Å². The van der Waals surface area contributed by atoms with E-state index in [1.807, 2.05) is 24.4 Å². The Morgan fingerprint density at radius 1 is 1.09 bits per heavy atom. The quantitative estimate of drug-likeness (QED) is 0.347. The largest absolute Gasteiger partial charge is 0.399 e. The predicted molar refractivity (Wildman–Crippen MR) is 136 cm³/mol. The van der Waals surface area contributed by atoms with Crippen molar-refractivity contribution in [1.82, 2.24) is 24.9 Å². The summed E-state index contributed by atoms with van der Waals surface area (Å²) in [6.07, 6.45) is 8.96. The van der Waals surface area contributed by atoms with Crippen LogP contribution in [0.2, 0.25) is 5.02 Å². The predicted octanol–water partition coefficient (Wildman–Crippen LogP) is 4.60. The van der Waals surface area contributed by atoms with Crippen LogP contribution >= 0.6 is 24.0 Å². The SMILES string of the molecule is Cl.Nc1ccc(C(=O)N[C@H]2CCC[C@@H](Nc3ncc(Cl)c(-c4cnn5ccccc45)n3)C2)cc1. The highest BCUT2D eigenvalue weighted by molar-refractivity contribution is 6.33. The van der Waals surface area contributed by atoms with Gasteiger partial charge in [0.25, 0.3) is 5.91 Å². The number of nitrogen functional groups attached to an aromatic ring is 1. The lowest BCUT2D eigenvalue weighted by Crippen LogP contribution is -2.42. The number of benzene rings is 1. The van der Waals surface area contributed by atoms with Gasteiger partial charge in [0.1, 0.15) is 0 Å². The number of nitrogens with zero attached hydrogens (tertiary/aromatic N) is 4. The van der Waals surface area contributed by atoms with Gasteiger partial charge in [-0.3, -0.25) is 4.79 Å². The van der Waals surface area contributed by atoms with Gasteiger partial charge in [-0.05, 0) is 62.1 Å². The molecule has 0 unspecified atom stereocenters. The highest BCUT2D eigenvalue weighted by Gasteiger charge is 2.24. The number of pyridine rings is 1. The first-order chi connectivity index (χ1) is 16.1. The number of hydrogen-bond acceptors (Lipinski definition) is 6. The first-order valence-corrected chi connectivity index (χ1v) is 11.3. The molecule has 1 saturated carbocycles. The van der Waals surface area contributed by atoms with Gasteiger partial charge < -0.3 is 16.4 Å². The van der Waals surface area contributed by atoms with E-state index in [9.17, 15) is 4.79 Å². The molecule has 5 rings (SSSR count). The lowest BCUT2D eigenvalue weighted by Gasteiger charge is -2.30. The Morgan fingerprint density at radius 3 is 2.71 bits per heavy atom. The Morgan fingerprint density at radius 2 is 1.88 bits per heavy atom. The van der Waals surface area contributed by atoms with Crippen molar-refractivity contribution in [2.75, 3.05) is 11.1 Å². The van der Waals surface area contributed by atoms with E-state index in [0.29, 0.717) is 27.9 Å². The third-order valence-corrected chi connectivity index (χ3v) is 6.22. The van der Waals surface area contributed by atoms with Crippen LogP contribution < -0.4 is 16.4 Å². The van der Waals surface area contributed by atoms with Crippen LogP contribution in [-0.4, -0.2) is 37.6 Å². The Labute approximate surface area is 208 Å². The fraction of sp³-hybridized carbons (Fsp3) is 0.250. The summed E-state index contributed by atoms with van der Waals surface area (Å²) in [5.41, 5.74) is 9.38. The molecule has 0 saturated heterocycles. The van der Waals surface area contributed by atoms with Crippen LogP contribution in [0.3, 0.4) is 0 Å². The maximum atomic E-state index is 12.6. The second kappa shape index (κ2) is 10.3. The number of nitrogens with two attached hydrogens (primary N) is 1. The molecule has 3 heterocycles. The summed E-state index contributed by atoms with van der Waals surface area (Å²) in [5.74, 6) is 0.430. The zero-order valence-corrected chi connectivity index (χ0v) is 19.9. The van der Waals surface area contributed by atoms with Crippen LogP contribution in [0.25, 0.3) is 16.8 Å². The van der Waals surface area contributed by atoms with Gasteiger partial charge in [0.2, 0.25) is 5.95 Å². The molecule has 8 nitrogen and oxygen atoms in total. The molecule has 0 aliphatic heterocycles. The Bertz CT molecular complexity index is 1290. The highest BCUT2D eigenvalue weighted by atomic mass is 35.5. The summed E-state index contributed by atoms with van der Waals surface area (Å²) in [7, 11) is 0. The van der Waals surface area contributed by atoms with Crippen molar-refractivity contribution in [2.24, 2.45) is 0 Å². The number of aromatic nitrogens is 4. The number of nitrogens with one attached hydrogen (secondary N) is 2. The van der Waals surface area contributed by atoms with Gasteiger partial charge in [0.15, 0.2) is 0 Å². The van der Waals surface area contributed by atoms with Crippen molar-refractivity contribution in [3.8, 4) is 11.3 Å². The molecule has 10 heteroatoms. The third kappa shape index (κ3) is 5.08. The first kappa shape index (κ1) is 23.8. The van der Waals surface area contributed by atoms with E-state index >= 15 is 0 Å². The fourth-order valence-electron chi connectivity index (χ4n) is 4.28. The van der Waals surface area contributed by atoms with Crippen LogP contribution in [0.15, 0.2) is 61.1 Å². The van der Waals surface area contributed by atoms with Crippen LogP contribution in [0.5, 0.6) is 0 Å². The molecule has 4 N–H and O–H groups in total. The molecule has 1 amide bonds.